The molecule has 1 unspecified atom stereocenters. The minimum Gasteiger partial charge on any atom is -0.478 e. The number of nitrogens with zero attached hydrogens (tertiary/aromatic N) is 3. The number of piperidine rings is 1. The molecule has 0 aliphatic carbocycles. The third kappa shape index (κ3) is 2.83. The maximum atomic E-state index is 11.1. The third-order valence-corrected chi connectivity index (χ3v) is 3.34. The number of aliphatic hydroxyl groups excluding tert-OH is 1. The number of aromatic carboxylic acids is 1. The molecular formula is C12H17N3O3. The number of likely N-dealkylation sites (tertiary alicyclic amines) is 1. The monoisotopic (exact) mass is 251 g/mol. The summed E-state index contributed by atoms with van der Waals surface area (Å²) in [6, 6.07) is 0.107. The van der Waals surface area contributed by atoms with E-state index >= 15 is 0 Å². The highest BCUT2D eigenvalue weighted by Crippen LogP contribution is 2.19. The van der Waals surface area contributed by atoms with Crippen LogP contribution in [0.1, 0.15) is 35.3 Å². The molecule has 1 saturated heterocycles. The molecule has 1 atom stereocenters. The molecule has 2 heterocycles. The second-order valence-electron chi connectivity index (χ2n) is 4.49. The zero-order valence-corrected chi connectivity index (χ0v) is 10.1. The van der Waals surface area contributed by atoms with Gasteiger partial charge in [-0.15, -0.1) is 0 Å². The topological polar surface area (TPSA) is 86.5 Å². The lowest BCUT2D eigenvalue weighted by molar-refractivity contribution is 0.0681. The van der Waals surface area contributed by atoms with Crippen molar-refractivity contribution in [2.45, 2.75) is 31.8 Å². The van der Waals surface area contributed by atoms with Crippen LogP contribution in [0.2, 0.25) is 0 Å². The van der Waals surface area contributed by atoms with Gasteiger partial charge in [-0.2, -0.15) is 0 Å². The molecular weight excluding hydrogens is 234 g/mol. The van der Waals surface area contributed by atoms with Gasteiger partial charge in [0.05, 0.1) is 12.3 Å². The molecule has 2 rings (SSSR count). The van der Waals surface area contributed by atoms with Crippen molar-refractivity contribution in [3.63, 3.8) is 0 Å². The number of aromatic nitrogens is 2. The minimum absolute atomic E-state index is 0.105. The van der Waals surface area contributed by atoms with Crippen molar-refractivity contribution in [2.24, 2.45) is 0 Å². The van der Waals surface area contributed by atoms with Crippen LogP contribution in [0.25, 0.3) is 0 Å². The Morgan fingerprint density at radius 1 is 1.50 bits per heavy atom. The molecule has 6 nitrogen and oxygen atoms in total. The predicted molar refractivity (Wildman–Crippen MR) is 64.1 cm³/mol. The molecule has 18 heavy (non-hydrogen) atoms. The number of carboxylic acid groups (broad SMARTS) is 1. The predicted octanol–water partition coefficient (Wildman–Crippen LogP) is 0.522. The van der Waals surface area contributed by atoms with Crippen LogP contribution in [0.3, 0.4) is 0 Å². The number of rotatable bonds is 4. The van der Waals surface area contributed by atoms with E-state index in [9.17, 15) is 9.90 Å². The van der Waals surface area contributed by atoms with Crippen molar-refractivity contribution in [2.75, 3.05) is 13.2 Å². The maximum Gasteiger partial charge on any atom is 0.339 e. The van der Waals surface area contributed by atoms with Gasteiger partial charge < -0.3 is 10.2 Å². The second-order valence-corrected chi connectivity index (χ2v) is 4.49. The quantitative estimate of drug-likeness (QED) is 0.811. The summed E-state index contributed by atoms with van der Waals surface area (Å²) in [5, 5.41) is 18.4. The number of hydrogen-bond donors (Lipinski definition) is 2. The average molecular weight is 251 g/mol. The van der Waals surface area contributed by atoms with Gasteiger partial charge in [0.25, 0.3) is 0 Å². The van der Waals surface area contributed by atoms with Gasteiger partial charge in [0.1, 0.15) is 11.9 Å². The van der Waals surface area contributed by atoms with E-state index < -0.39 is 5.97 Å². The van der Waals surface area contributed by atoms with E-state index in [-0.39, 0.29) is 18.2 Å². The Morgan fingerprint density at radius 3 is 3.06 bits per heavy atom. The fraction of sp³-hybridized carbons (Fsp3) is 0.583. The van der Waals surface area contributed by atoms with Crippen LogP contribution in [0.4, 0.5) is 0 Å². The molecule has 0 amide bonds. The first kappa shape index (κ1) is 12.9. The summed E-state index contributed by atoms with van der Waals surface area (Å²) in [7, 11) is 0. The zero-order chi connectivity index (χ0) is 13.0. The zero-order valence-electron chi connectivity index (χ0n) is 10.1. The fourth-order valence-corrected chi connectivity index (χ4v) is 2.33. The third-order valence-electron chi connectivity index (χ3n) is 3.34. The van der Waals surface area contributed by atoms with Crippen molar-refractivity contribution in [3.8, 4) is 0 Å². The van der Waals surface area contributed by atoms with Gasteiger partial charge in [0.15, 0.2) is 0 Å². The van der Waals surface area contributed by atoms with Crippen molar-refractivity contribution >= 4 is 5.97 Å². The van der Waals surface area contributed by atoms with Crippen molar-refractivity contribution in [3.05, 3.63) is 23.8 Å². The van der Waals surface area contributed by atoms with Crippen LogP contribution in [0, 0.1) is 0 Å². The fourth-order valence-electron chi connectivity index (χ4n) is 2.33. The summed E-state index contributed by atoms with van der Waals surface area (Å²) in [5.41, 5.74) is 0.651. The lowest BCUT2D eigenvalue weighted by atomic mass is 10.0. The van der Waals surface area contributed by atoms with E-state index in [1.54, 1.807) is 0 Å². The molecule has 2 N–H and O–H groups in total. The van der Waals surface area contributed by atoms with E-state index in [1.807, 2.05) is 0 Å². The molecule has 0 radical (unpaired) electrons. The van der Waals surface area contributed by atoms with Crippen LogP contribution >= 0.6 is 0 Å². The van der Waals surface area contributed by atoms with Gasteiger partial charge in [-0.05, 0) is 19.4 Å². The standard InChI is InChI=1S/C12H17N3O3/c16-7-9-3-1-2-4-15(9)6-11-10(12(17)18)5-13-8-14-11/h5,8-9,16H,1-4,6-7H2,(H,17,18). The van der Waals surface area contributed by atoms with Gasteiger partial charge in [-0.3, -0.25) is 4.90 Å². The molecule has 1 aromatic rings. The summed E-state index contributed by atoms with van der Waals surface area (Å²) in [4.78, 5) is 20.9. The Kier molecular flexibility index (Phi) is 4.22. The lowest BCUT2D eigenvalue weighted by Crippen LogP contribution is -2.41. The SMILES string of the molecule is O=C(O)c1cncnc1CN1CCCCC1CO. The highest BCUT2D eigenvalue weighted by Gasteiger charge is 2.23. The number of hydrogen-bond acceptors (Lipinski definition) is 5. The van der Waals surface area contributed by atoms with Gasteiger partial charge in [-0.25, -0.2) is 14.8 Å². The highest BCUT2D eigenvalue weighted by molar-refractivity contribution is 5.88. The molecule has 0 saturated carbocycles. The summed E-state index contributed by atoms with van der Waals surface area (Å²) < 4.78 is 0. The van der Waals surface area contributed by atoms with Gasteiger partial charge in [0.2, 0.25) is 0 Å². The molecule has 0 aromatic carbocycles. The van der Waals surface area contributed by atoms with Crippen LogP contribution in [-0.4, -0.2) is 50.2 Å². The van der Waals surface area contributed by atoms with Crippen LogP contribution in [0.15, 0.2) is 12.5 Å². The first-order chi connectivity index (χ1) is 8.72. The van der Waals surface area contributed by atoms with Crippen molar-refractivity contribution < 1.29 is 15.0 Å². The molecule has 0 bridgehead atoms. The number of carbonyl (C=O) groups is 1. The van der Waals surface area contributed by atoms with E-state index in [4.69, 9.17) is 5.11 Å². The number of carboxylic acids is 1. The summed E-state index contributed by atoms with van der Waals surface area (Å²) >= 11 is 0. The molecule has 1 aromatic heterocycles. The molecule has 6 heteroatoms. The summed E-state index contributed by atoms with van der Waals surface area (Å²) in [5.74, 6) is -1.01. The smallest absolute Gasteiger partial charge is 0.339 e. The molecule has 1 aliphatic rings. The largest absolute Gasteiger partial charge is 0.478 e. The normalized spacial score (nSPS) is 20.8. The Labute approximate surface area is 105 Å². The van der Waals surface area contributed by atoms with Gasteiger partial charge in [-0.1, -0.05) is 6.42 Å². The van der Waals surface area contributed by atoms with Crippen LogP contribution in [0.5, 0.6) is 0 Å². The second kappa shape index (κ2) is 5.88. The van der Waals surface area contributed by atoms with Crippen molar-refractivity contribution in [1.82, 2.24) is 14.9 Å². The first-order valence-electron chi connectivity index (χ1n) is 6.09. The highest BCUT2D eigenvalue weighted by atomic mass is 16.4. The Hall–Kier alpha value is -1.53. The van der Waals surface area contributed by atoms with Crippen molar-refractivity contribution in [1.29, 1.82) is 0 Å². The number of aliphatic hydroxyl groups is 1. The Bertz CT molecular complexity index is 425. The average Bonchev–Trinajstić information content (AvgIpc) is 2.40. The molecule has 1 fully saturated rings. The van der Waals surface area contributed by atoms with Gasteiger partial charge in [0, 0.05) is 18.8 Å². The Balaban J connectivity index is 2.15. The molecule has 98 valence electrons. The van der Waals surface area contributed by atoms with Crippen LogP contribution in [-0.2, 0) is 6.54 Å². The molecule has 0 spiro atoms. The van der Waals surface area contributed by atoms with E-state index in [0.29, 0.717) is 12.2 Å². The summed E-state index contributed by atoms with van der Waals surface area (Å²) in [6.45, 7) is 1.43. The van der Waals surface area contributed by atoms with E-state index in [1.165, 1.54) is 12.5 Å². The first-order valence-corrected chi connectivity index (χ1v) is 6.09. The minimum atomic E-state index is -1.01. The van der Waals surface area contributed by atoms with Crippen LogP contribution < -0.4 is 0 Å². The van der Waals surface area contributed by atoms with Gasteiger partial charge >= 0.3 is 5.97 Å². The lowest BCUT2D eigenvalue weighted by Gasteiger charge is -2.34. The molecule has 1 aliphatic heterocycles. The maximum absolute atomic E-state index is 11.1. The summed E-state index contributed by atoms with van der Waals surface area (Å²) in [6.07, 6.45) is 5.81. The van der Waals surface area contributed by atoms with E-state index in [0.717, 1.165) is 25.8 Å². The van der Waals surface area contributed by atoms with E-state index in [2.05, 4.69) is 14.9 Å². The Morgan fingerprint density at radius 2 is 2.33 bits per heavy atom.